The van der Waals surface area contributed by atoms with E-state index in [4.69, 9.17) is 11.6 Å². The number of hydrogen-bond acceptors (Lipinski definition) is 9. The Morgan fingerprint density at radius 2 is 1.73 bits per heavy atom. The Balaban J connectivity index is 1.58. The zero-order valence-electron chi connectivity index (χ0n) is 20.6. The minimum absolute atomic E-state index is 0.108. The lowest BCUT2D eigenvalue weighted by Crippen LogP contribution is -2.30. The van der Waals surface area contributed by atoms with Gasteiger partial charge < -0.3 is 0 Å². The highest BCUT2D eigenvalue weighted by Gasteiger charge is 2.53. The molecule has 1 aliphatic heterocycles. The molecule has 2 unspecified atom stereocenters. The van der Waals surface area contributed by atoms with E-state index in [0.29, 0.717) is 21.9 Å². The van der Waals surface area contributed by atoms with Crippen LogP contribution in [0.4, 0.5) is 10.8 Å². The SMILES string of the molecule is Cc1ccc(C(=O)C2C(=O)C(=O)N(c3ncc(S(=O)(=O)c4ccc([N+](=O)[O-])cc4)s3)C2c2cccc(Cl)c2)cc1. The van der Waals surface area contributed by atoms with E-state index in [1.807, 2.05) is 6.92 Å². The van der Waals surface area contributed by atoms with Gasteiger partial charge in [0.15, 0.2) is 10.9 Å². The van der Waals surface area contributed by atoms with Crippen LogP contribution in [0, 0.1) is 23.0 Å². The van der Waals surface area contributed by atoms with Crippen LogP contribution in [-0.2, 0) is 19.4 Å². The van der Waals surface area contributed by atoms with Gasteiger partial charge in [-0.05, 0) is 36.8 Å². The van der Waals surface area contributed by atoms with Crippen LogP contribution in [0.3, 0.4) is 0 Å². The maximum absolute atomic E-state index is 13.6. The van der Waals surface area contributed by atoms with Crippen molar-refractivity contribution >= 4 is 61.1 Å². The molecule has 1 fully saturated rings. The number of nitro benzene ring substituents is 1. The van der Waals surface area contributed by atoms with E-state index in [0.717, 1.165) is 40.9 Å². The second-order valence-electron chi connectivity index (χ2n) is 8.96. The first-order valence-electron chi connectivity index (χ1n) is 11.7. The average molecular weight is 596 g/mol. The Hall–Kier alpha value is -4.26. The molecule has 1 saturated heterocycles. The summed E-state index contributed by atoms with van der Waals surface area (Å²) in [6.07, 6.45) is 1.04. The fraction of sp³-hybridized carbons (Fsp3) is 0.111. The second kappa shape index (κ2) is 10.4. The summed E-state index contributed by atoms with van der Waals surface area (Å²) < 4.78 is 26.2. The third kappa shape index (κ3) is 4.81. The van der Waals surface area contributed by atoms with Crippen molar-refractivity contribution in [3.63, 3.8) is 0 Å². The largest absolute Gasteiger partial charge is 0.297 e. The number of thiazole rings is 1. The van der Waals surface area contributed by atoms with Crippen LogP contribution in [-0.4, -0.2) is 35.8 Å². The molecular formula is C27H18ClN3O7S2. The zero-order valence-corrected chi connectivity index (χ0v) is 22.9. The molecule has 13 heteroatoms. The number of aryl methyl sites for hydroxylation is 1. The predicted octanol–water partition coefficient (Wildman–Crippen LogP) is 5.00. The van der Waals surface area contributed by atoms with Crippen LogP contribution >= 0.6 is 22.9 Å². The molecule has 2 atom stereocenters. The molecule has 202 valence electrons. The summed E-state index contributed by atoms with van der Waals surface area (Å²) in [7, 11) is -4.16. The highest BCUT2D eigenvalue weighted by atomic mass is 35.5. The molecule has 1 aliphatic rings. The molecule has 0 aliphatic carbocycles. The summed E-state index contributed by atoms with van der Waals surface area (Å²) in [6.45, 7) is 1.85. The molecule has 0 saturated carbocycles. The highest BCUT2D eigenvalue weighted by Crippen LogP contribution is 2.44. The number of non-ortho nitro benzene ring substituents is 1. The number of anilines is 1. The van der Waals surface area contributed by atoms with Gasteiger partial charge in [0.1, 0.15) is 10.1 Å². The van der Waals surface area contributed by atoms with Crippen LogP contribution in [0.5, 0.6) is 0 Å². The van der Waals surface area contributed by atoms with Crippen molar-refractivity contribution < 1.29 is 27.7 Å². The van der Waals surface area contributed by atoms with E-state index in [1.54, 1.807) is 42.5 Å². The van der Waals surface area contributed by atoms with Crippen LogP contribution in [0.1, 0.15) is 27.5 Å². The fourth-order valence-electron chi connectivity index (χ4n) is 4.42. The van der Waals surface area contributed by atoms with Crippen molar-refractivity contribution in [2.75, 3.05) is 4.90 Å². The van der Waals surface area contributed by atoms with Gasteiger partial charge in [0, 0.05) is 22.7 Å². The van der Waals surface area contributed by atoms with Gasteiger partial charge >= 0.3 is 0 Å². The lowest BCUT2D eigenvalue weighted by atomic mass is 9.86. The molecule has 1 amide bonds. The molecule has 3 aromatic carbocycles. The number of carbonyl (C=O) groups is 3. The summed E-state index contributed by atoms with van der Waals surface area (Å²) >= 11 is 6.84. The number of benzene rings is 3. The summed E-state index contributed by atoms with van der Waals surface area (Å²) in [5, 5.41) is 11.1. The first kappa shape index (κ1) is 27.3. The number of nitrogens with zero attached hydrogens (tertiary/aromatic N) is 3. The lowest BCUT2D eigenvalue weighted by Gasteiger charge is -2.25. The van der Waals surface area contributed by atoms with Gasteiger partial charge in [0.2, 0.25) is 15.6 Å². The van der Waals surface area contributed by atoms with Crippen LogP contribution in [0.25, 0.3) is 0 Å². The van der Waals surface area contributed by atoms with Crippen molar-refractivity contribution in [1.82, 2.24) is 4.98 Å². The third-order valence-electron chi connectivity index (χ3n) is 6.42. The molecule has 4 aromatic rings. The molecule has 0 N–H and O–H groups in total. The summed E-state index contributed by atoms with van der Waals surface area (Å²) in [5.74, 6) is -3.96. The Labute approximate surface area is 236 Å². The summed E-state index contributed by atoms with van der Waals surface area (Å²) in [6, 6.07) is 16.1. The predicted molar refractivity (Wildman–Crippen MR) is 146 cm³/mol. The second-order valence-corrected chi connectivity index (χ2v) is 12.6. The monoisotopic (exact) mass is 595 g/mol. The number of sulfone groups is 1. The quantitative estimate of drug-likeness (QED) is 0.0954. The maximum Gasteiger partial charge on any atom is 0.297 e. The van der Waals surface area contributed by atoms with Gasteiger partial charge in [-0.3, -0.25) is 29.4 Å². The van der Waals surface area contributed by atoms with Crippen LogP contribution in [0.2, 0.25) is 5.02 Å². The number of hydrogen-bond donors (Lipinski definition) is 0. The smallest absolute Gasteiger partial charge is 0.293 e. The van der Waals surface area contributed by atoms with E-state index in [1.165, 1.54) is 6.07 Å². The van der Waals surface area contributed by atoms with Crippen molar-refractivity contribution in [2.45, 2.75) is 22.1 Å². The first-order chi connectivity index (χ1) is 19.0. The van der Waals surface area contributed by atoms with E-state index in [2.05, 4.69) is 4.98 Å². The molecule has 40 heavy (non-hydrogen) atoms. The van der Waals surface area contributed by atoms with Crippen molar-refractivity contribution in [3.05, 3.63) is 111 Å². The summed E-state index contributed by atoms with van der Waals surface area (Å²) in [4.78, 5) is 55.5. The van der Waals surface area contributed by atoms with Crippen molar-refractivity contribution in [3.8, 4) is 0 Å². The standard InChI is InChI=1S/C27H18ClN3O7S2/c1-15-5-7-16(8-6-15)24(32)22-23(17-3-2-4-18(28)13-17)30(26(34)25(22)33)27-29-14-21(39-27)40(37,38)20-11-9-19(10-12-20)31(35)36/h2-14,22-23H,1H3. The molecule has 0 bridgehead atoms. The topological polar surface area (TPSA) is 145 Å². The molecule has 2 heterocycles. The third-order valence-corrected chi connectivity index (χ3v) is 9.88. The molecule has 10 nitrogen and oxygen atoms in total. The molecular weight excluding hydrogens is 578 g/mol. The van der Waals surface area contributed by atoms with E-state index >= 15 is 0 Å². The Kier molecular flexibility index (Phi) is 7.08. The molecule has 1 aromatic heterocycles. The number of amides is 1. The van der Waals surface area contributed by atoms with Gasteiger partial charge in [-0.25, -0.2) is 13.4 Å². The van der Waals surface area contributed by atoms with E-state index < -0.39 is 44.2 Å². The molecule has 5 rings (SSSR count). The Bertz CT molecular complexity index is 1790. The maximum atomic E-state index is 13.6. The van der Waals surface area contributed by atoms with Crippen molar-refractivity contribution in [1.29, 1.82) is 0 Å². The number of Topliss-reactive ketones (excluding diaryl/α,β-unsaturated/α-hetero) is 2. The number of nitro groups is 1. The fourth-order valence-corrected chi connectivity index (χ4v) is 7.17. The normalized spacial score (nSPS) is 17.3. The molecule has 0 radical (unpaired) electrons. The lowest BCUT2D eigenvalue weighted by molar-refractivity contribution is -0.384. The van der Waals surface area contributed by atoms with E-state index in [9.17, 15) is 32.9 Å². The number of aromatic nitrogens is 1. The zero-order chi connectivity index (χ0) is 28.8. The number of halogens is 1. The number of ketones is 2. The number of rotatable bonds is 7. The summed E-state index contributed by atoms with van der Waals surface area (Å²) in [5.41, 5.74) is 1.26. The molecule has 0 spiro atoms. The minimum atomic E-state index is -4.16. The average Bonchev–Trinajstić information content (AvgIpc) is 3.52. The van der Waals surface area contributed by atoms with Gasteiger partial charge in [0.05, 0.1) is 22.1 Å². The van der Waals surface area contributed by atoms with Gasteiger partial charge in [0.25, 0.3) is 11.6 Å². The Morgan fingerprint density at radius 1 is 1.05 bits per heavy atom. The number of carbonyl (C=O) groups excluding carboxylic acids is 3. The van der Waals surface area contributed by atoms with Gasteiger partial charge in [-0.15, -0.1) is 0 Å². The van der Waals surface area contributed by atoms with Crippen LogP contribution < -0.4 is 4.90 Å². The van der Waals surface area contributed by atoms with Gasteiger partial charge in [-0.1, -0.05) is 64.9 Å². The van der Waals surface area contributed by atoms with E-state index in [-0.39, 0.29) is 25.5 Å². The Morgan fingerprint density at radius 3 is 2.35 bits per heavy atom. The highest BCUT2D eigenvalue weighted by molar-refractivity contribution is 7.93. The first-order valence-corrected chi connectivity index (χ1v) is 14.4. The minimum Gasteiger partial charge on any atom is -0.293 e. The van der Waals surface area contributed by atoms with Crippen molar-refractivity contribution in [2.24, 2.45) is 5.92 Å². The van der Waals surface area contributed by atoms with Crippen LogP contribution in [0.15, 0.2) is 88.1 Å². The van der Waals surface area contributed by atoms with Gasteiger partial charge in [-0.2, -0.15) is 0 Å².